The van der Waals surface area contributed by atoms with E-state index in [1.807, 2.05) is 0 Å². The number of aromatic nitrogens is 3. The van der Waals surface area contributed by atoms with Crippen LogP contribution in [0.3, 0.4) is 0 Å². The third-order valence-electron chi connectivity index (χ3n) is 1.84. The first-order valence-electron chi connectivity index (χ1n) is 5.24. The molecule has 1 rings (SSSR count). The van der Waals surface area contributed by atoms with E-state index in [0.717, 1.165) is 4.68 Å². The molecule has 0 saturated carbocycles. The summed E-state index contributed by atoms with van der Waals surface area (Å²) in [6.07, 6.45) is 1.24. The first-order chi connectivity index (χ1) is 8.42. The van der Waals surface area contributed by atoms with Crippen LogP contribution in [0.15, 0.2) is 6.20 Å². The minimum atomic E-state index is -4.99. The number of rotatable bonds is 7. The van der Waals surface area contributed by atoms with Crippen molar-refractivity contribution in [3.63, 3.8) is 0 Å². The molecule has 102 valence electrons. The topological polar surface area (TPSA) is 66.2 Å². The summed E-state index contributed by atoms with van der Waals surface area (Å²) in [5, 5.41) is 7.06. The molecule has 0 aliphatic carbocycles. The summed E-state index contributed by atoms with van der Waals surface area (Å²) in [4.78, 5) is 11.2. The summed E-state index contributed by atoms with van der Waals surface area (Å²) in [7, 11) is 0. The van der Waals surface area contributed by atoms with E-state index in [-0.39, 0.29) is 76.8 Å². The smallest absolute Gasteiger partial charge is 0.465 e. The number of nitrogens with zero attached hydrogens (tertiary/aromatic N) is 3. The largest absolute Gasteiger partial charge is 1.00 e. The van der Waals surface area contributed by atoms with Gasteiger partial charge in [-0.1, -0.05) is 5.21 Å². The van der Waals surface area contributed by atoms with E-state index in [2.05, 4.69) is 19.8 Å². The Morgan fingerprint density at radius 3 is 2.74 bits per heavy atom. The van der Waals surface area contributed by atoms with Crippen LogP contribution in [0.5, 0.6) is 0 Å². The van der Waals surface area contributed by atoms with Crippen LogP contribution in [-0.2, 0) is 27.4 Å². The SMILES string of the molecule is CCOC(=O)Cn1nncc1COC[B-](F)(F)F.[K+]. The van der Waals surface area contributed by atoms with Crippen molar-refractivity contribution >= 4 is 12.9 Å². The molecule has 0 aliphatic heterocycles. The van der Waals surface area contributed by atoms with Gasteiger partial charge in [-0.25, -0.2) is 4.68 Å². The van der Waals surface area contributed by atoms with Gasteiger partial charge in [-0.05, 0) is 6.92 Å². The van der Waals surface area contributed by atoms with Crippen LogP contribution in [-0.4, -0.2) is 41.1 Å². The molecule has 0 unspecified atom stereocenters. The second kappa shape index (κ2) is 9.08. The summed E-state index contributed by atoms with van der Waals surface area (Å²) < 4.78 is 46.1. The van der Waals surface area contributed by atoms with Gasteiger partial charge in [0.25, 0.3) is 0 Å². The van der Waals surface area contributed by atoms with Gasteiger partial charge in [0.15, 0.2) is 0 Å². The second-order valence-corrected chi connectivity index (χ2v) is 3.41. The number of carbonyl (C=O) groups is 1. The number of carbonyl (C=O) groups excluding carboxylic acids is 1. The maximum Gasteiger partial charge on any atom is 1.00 e. The van der Waals surface area contributed by atoms with Gasteiger partial charge in [-0.3, -0.25) is 4.79 Å². The Morgan fingerprint density at radius 1 is 1.47 bits per heavy atom. The zero-order chi connectivity index (χ0) is 13.6. The standard InChI is InChI=1S/C8H12BF3N3O3.K/c1-2-18-8(16)4-15-7(3-13-14-15)5-17-6-9(10,11)12;/h3H,2,4-6H2,1H3;/q-1;+1. The van der Waals surface area contributed by atoms with Crippen LogP contribution < -0.4 is 51.4 Å². The van der Waals surface area contributed by atoms with Crippen molar-refractivity contribution < 1.29 is 78.6 Å². The molecule has 0 fully saturated rings. The molecule has 0 saturated heterocycles. The first-order valence-corrected chi connectivity index (χ1v) is 5.24. The van der Waals surface area contributed by atoms with Crippen molar-refractivity contribution in [2.24, 2.45) is 0 Å². The molecular weight excluding hydrogens is 293 g/mol. The zero-order valence-electron chi connectivity index (χ0n) is 10.7. The Hall–Kier alpha value is 0.0613. The summed E-state index contributed by atoms with van der Waals surface area (Å²) in [6.45, 7) is -4.94. The van der Waals surface area contributed by atoms with E-state index in [0.29, 0.717) is 0 Å². The van der Waals surface area contributed by atoms with Crippen molar-refractivity contribution in [2.45, 2.75) is 20.1 Å². The quantitative estimate of drug-likeness (QED) is 0.420. The molecule has 0 radical (unpaired) electrons. The fourth-order valence-corrected chi connectivity index (χ4v) is 1.15. The molecule has 0 amide bonds. The maximum absolute atomic E-state index is 11.9. The molecule has 0 atom stereocenters. The number of ether oxygens (including phenoxy) is 2. The molecule has 0 aromatic carbocycles. The third-order valence-corrected chi connectivity index (χ3v) is 1.84. The number of hydrogen-bond acceptors (Lipinski definition) is 5. The van der Waals surface area contributed by atoms with E-state index in [9.17, 15) is 17.7 Å². The van der Waals surface area contributed by atoms with Crippen molar-refractivity contribution in [1.29, 1.82) is 0 Å². The maximum atomic E-state index is 11.9. The van der Waals surface area contributed by atoms with Gasteiger partial charge < -0.3 is 22.4 Å². The van der Waals surface area contributed by atoms with E-state index in [4.69, 9.17) is 0 Å². The molecule has 0 aliphatic rings. The van der Waals surface area contributed by atoms with Crippen molar-refractivity contribution in [3.8, 4) is 0 Å². The molecule has 1 heterocycles. The molecule has 1 aromatic heterocycles. The van der Waals surface area contributed by atoms with Gasteiger partial charge in [-0.2, -0.15) is 0 Å². The van der Waals surface area contributed by atoms with E-state index in [1.165, 1.54) is 6.20 Å². The molecule has 0 bridgehead atoms. The van der Waals surface area contributed by atoms with Gasteiger partial charge in [0.05, 0.1) is 25.1 Å². The molecule has 11 heteroatoms. The van der Waals surface area contributed by atoms with E-state index < -0.39 is 19.5 Å². The molecule has 19 heavy (non-hydrogen) atoms. The monoisotopic (exact) mass is 305 g/mol. The average Bonchev–Trinajstić information content (AvgIpc) is 2.64. The number of esters is 1. The Bertz CT molecular complexity index is 402. The Labute approximate surface area is 150 Å². The van der Waals surface area contributed by atoms with Crippen LogP contribution in [0.1, 0.15) is 12.6 Å². The van der Waals surface area contributed by atoms with E-state index in [1.54, 1.807) is 6.92 Å². The molecule has 0 spiro atoms. The molecule has 0 N–H and O–H groups in total. The van der Waals surface area contributed by atoms with E-state index >= 15 is 0 Å². The van der Waals surface area contributed by atoms with Crippen LogP contribution >= 0.6 is 0 Å². The first kappa shape index (κ1) is 19.1. The molecular formula is C8H12BF3KN3O3. The summed E-state index contributed by atoms with van der Waals surface area (Å²) in [5.74, 6) is -0.538. The van der Waals surface area contributed by atoms with Crippen LogP contribution in [0, 0.1) is 0 Å². The van der Waals surface area contributed by atoms with Crippen LogP contribution in [0.2, 0.25) is 0 Å². The summed E-state index contributed by atoms with van der Waals surface area (Å²) in [6, 6.07) is 0. The van der Waals surface area contributed by atoms with Gasteiger partial charge in [0.1, 0.15) is 6.54 Å². The Balaban J connectivity index is 0.00000324. The van der Waals surface area contributed by atoms with Crippen molar-refractivity contribution in [3.05, 3.63) is 11.9 Å². The predicted octanol–water partition coefficient (Wildman–Crippen LogP) is -2.25. The van der Waals surface area contributed by atoms with Gasteiger partial charge >= 0.3 is 64.3 Å². The second-order valence-electron chi connectivity index (χ2n) is 3.41. The van der Waals surface area contributed by atoms with Crippen LogP contribution in [0.25, 0.3) is 0 Å². The van der Waals surface area contributed by atoms with Gasteiger partial charge in [0.2, 0.25) is 0 Å². The fraction of sp³-hybridized carbons (Fsp3) is 0.625. The van der Waals surface area contributed by atoms with Gasteiger partial charge in [-0.15, -0.1) is 5.10 Å². The minimum Gasteiger partial charge on any atom is -0.465 e. The van der Waals surface area contributed by atoms with Crippen molar-refractivity contribution in [1.82, 2.24) is 15.0 Å². The van der Waals surface area contributed by atoms with Crippen LogP contribution in [0.4, 0.5) is 12.9 Å². The normalized spacial score (nSPS) is 10.9. The zero-order valence-corrected chi connectivity index (χ0v) is 13.8. The Kier molecular flexibility index (Phi) is 9.11. The Morgan fingerprint density at radius 2 is 2.16 bits per heavy atom. The number of hydrogen-bond donors (Lipinski definition) is 0. The minimum absolute atomic E-state index is 0. The van der Waals surface area contributed by atoms with Gasteiger partial charge in [0, 0.05) is 6.51 Å². The average molecular weight is 305 g/mol. The molecule has 1 aromatic rings. The fourth-order valence-electron chi connectivity index (χ4n) is 1.15. The third kappa shape index (κ3) is 8.05. The molecule has 6 nitrogen and oxygen atoms in total. The van der Waals surface area contributed by atoms with Crippen molar-refractivity contribution in [2.75, 3.05) is 13.1 Å². The number of halogens is 3. The summed E-state index contributed by atoms with van der Waals surface area (Å²) in [5.41, 5.74) is 0.281. The summed E-state index contributed by atoms with van der Waals surface area (Å²) >= 11 is 0. The predicted molar refractivity (Wildman–Crippen MR) is 55.4 cm³/mol.